The smallest absolute Gasteiger partial charge is 0.0414 e. The number of benzene rings is 1. The van der Waals surface area contributed by atoms with Crippen LogP contribution in [-0.4, -0.2) is 13.1 Å². The van der Waals surface area contributed by atoms with Crippen LogP contribution < -0.4 is 10.6 Å². The first-order valence-electron chi connectivity index (χ1n) is 7.17. The van der Waals surface area contributed by atoms with Crippen molar-refractivity contribution in [2.45, 2.75) is 51.6 Å². The standard InChI is InChI=1S/C16H26N2/c1-12-8-10-14(11-9-12)18(3)16-7-5-4-6-15(16)13(2)17/h4-7,12-14H,8-11,17H2,1-3H3/t12?,13-,14?/m1/s1. The van der Waals surface area contributed by atoms with E-state index in [1.807, 2.05) is 0 Å². The molecule has 1 aliphatic carbocycles. The number of hydrogen-bond acceptors (Lipinski definition) is 2. The second kappa shape index (κ2) is 5.75. The molecule has 2 N–H and O–H groups in total. The Kier molecular flexibility index (Phi) is 4.28. The molecule has 0 aromatic heterocycles. The minimum atomic E-state index is 0.103. The fourth-order valence-electron chi connectivity index (χ4n) is 3.02. The molecule has 0 heterocycles. The topological polar surface area (TPSA) is 29.3 Å². The highest BCUT2D eigenvalue weighted by Crippen LogP contribution is 2.32. The van der Waals surface area contributed by atoms with Crippen LogP contribution in [0.2, 0.25) is 0 Å². The van der Waals surface area contributed by atoms with Gasteiger partial charge in [-0.25, -0.2) is 0 Å². The van der Waals surface area contributed by atoms with Gasteiger partial charge in [0.15, 0.2) is 0 Å². The lowest BCUT2D eigenvalue weighted by atomic mass is 9.86. The molecular weight excluding hydrogens is 220 g/mol. The molecule has 2 nitrogen and oxygen atoms in total. The average Bonchev–Trinajstić information content (AvgIpc) is 2.39. The van der Waals surface area contributed by atoms with Gasteiger partial charge in [-0.1, -0.05) is 25.1 Å². The Bertz CT molecular complexity index is 378. The molecule has 18 heavy (non-hydrogen) atoms. The Balaban J connectivity index is 2.15. The minimum Gasteiger partial charge on any atom is -0.371 e. The van der Waals surface area contributed by atoms with Crippen LogP contribution in [0, 0.1) is 5.92 Å². The predicted molar refractivity (Wildman–Crippen MR) is 78.9 cm³/mol. The Morgan fingerprint density at radius 2 is 1.78 bits per heavy atom. The van der Waals surface area contributed by atoms with Crippen LogP contribution in [0.5, 0.6) is 0 Å². The van der Waals surface area contributed by atoms with Gasteiger partial charge >= 0.3 is 0 Å². The molecule has 0 spiro atoms. The summed E-state index contributed by atoms with van der Waals surface area (Å²) in [6, 6.07) is 9.34. The zero-order chi connectivity index (χ0) is 13.1. The molecule has 1 saturated carbocycles. The molecular formula is C16H26N2. The first kappa shape index (κ1) is 13.4. The molecule has 0 saturated heterocycles. The first-order valence-corrected chi connectivity index (χ1v) is 7.17. The molecule has 1 aliphatic rings. The van der Waals surface area contributed by atoms with E-state index >= 15 is 0 Å². The van der Waals surface area contributed by atoms with Crippen LogP contribution in [0.1, 0.15) is 51.1 Å². The zero-order valence-electron chi connectivity index (χ0n) is 11.9. The molecule has 0 aliphatic heterocycles. The number of anilines is 1. The van der Waals surface area contributed by atoms with Crippen LogP contribution in [0.15, 0.2) is 24.3 Å². The van der Waals surface area contributed by atoms with Gasteiger partial charge < -0.3 is 10.6 Å². The summed E-state index contributed by atoms with van der Waals surface area (Å²) in [5.74, 6) is 0.901. The molecule has 100 valence electrons. The van der Waals surface area contributed by atoms with E-state index in [9.17, 15) is 0 Å². The van der Waals surface area contributed by atoms with E-state index in [1.165, 1.54) is 36.9 Å². The van der Waals surface area contributed by atoms with Gasteiger partial charge in [0.1, 0.15) is 0 Å². The van der Waals surface area contributed by atoms with E-state index < -0.39 is 0 Å². The molecule has 0 radical (unpaired) electrons. The summed E-state index contributed by atoms with van der Waals surface area (Å²) in [6.45, 7) is 4.43. The zero-order valence-corrected chi connectivity index (χ0v) is 11.9. The lowest BCUT2D eigenvalue weighted by Crippen LogP contribution is -2.35. The van der Waals surface area contributed by atoms with Gasteiger partial charge in [0.25, 0.3) is 0 Å². The maximum absolute atomic E-state index is 6.08. The number of hydrogen-bond donors (Lipinski definition) is 1. The Morgan fingerprint density at radius 1 is 1.17 bits per heavy atom. The molecule has 0 unspecified atom stereocenters. The predicted octanol–water partition coefficient (Wildman–Crippen LogP) is 3.72. The molecule has 0 bridgehead atoms. The third-order valence-electron chi connectivity index (χ3n) is 4.34. The lowest BCUT2D eigenvalue weighted by molar-refractivity contribution is 0.340. The van der Waals surface area contributed by atoms with Gasteiger partial charge in [-0.15, -0.1) is 0 Å². The normalized spacial score (nSPS) is 25.8. The monoisotopic (exact) mass is 246 g/mol. The van der Waals surface area contributed by atoms with Gasteiger partial charge in [-0.3, -0.25) is 0 Å². The van der Waals surface area contributed by atoms with E-state index in [-0.39, 0.29) is 6.04 Å². The van der Waals surface area contributed by atoms with E-state index in [0.29, 0.717) is 6.04 Å². The molecule has 1 aromatic rings. The van der Waals surface area contributed by atoms with Crippen LogP contribution in [-0.2, 0) is 0 Å². The molecule has 2 heteroatoms. The van der Waals surface area contributed by atoms with Crippen molar-refractivity contribution >= 4 is 5.69 Å². The van der Waals surface area contributed by atoms with E-state index in [4.69, 9.17) is 5.73 Å². The Morgan fingerprint density at radius 3 is 2.39 bits per heavy atom. The molecule has 0 amide bonds. The van der Waals surface area contributed by atoms with Crippen molar-refractivity contribution in [3.63, 3.8) is 0 Å². The lowest BCUT2D eigenvalue weighted by Gasteiger charge is -2.36. The summed E-state index contributed by atoms with van der Waals surface area (Å²) in [6.07, 6.45) is 5.33. The maximum Gasteiger partial charge on any atom is 0.0414 e. The van der Waals surface area contributed by atoms with E-state index in [0.717, 1.165) is 5.92 Å². The molecule has 1 fully saturated rings. The summed E-state index contributed by atoms with van der Waals surface area (Å²) < 4.78 is 0. The highest BCUT2D eigenvalue weighted by molar-refractivity contribution is 5.55. The van der Waals surface area contributed by atoms with Gasteiger partial charge in [0.2, 0.25) is 0 Å². The molecule has 2 rings (SSSR count). The number of nitrogens with zero attached hydrogens (tertiary/aromatic N) is 1. The fourth-order valence-corrected chi connectivity index (χ4v) is 3.02. The van der Waals surface area contributed by atoms with E-state index in [1.54, 1.807) is 0 Å². The summed E-state index contributed by atoms with van der Waals surface area (Å²) in [5.41, 5.74) is 8.65. The van der Waals surface area contributed by atoms with Crippen molar-refractivity contribution in [3.05, 3.63) is 29.8 Å². The largest absolute Gasteiger partial charge is 0.371 e. The van der Waals surface area contributed by atoms with Crippen LogP contribution in [0.4, 0.5) is 5.69 Å². The van der Waals surface area contributed by atoms with Crippen molar-refractivity contribution in [1.29, 1.82) is 0 Å². The quantitative estimate of drug-likeness (QED) is 0.880. The van der Waals surface area contributed by atoms with Crippen LogP contribution in [0.25, 0.3) is 0 Å². The van der Waals surface area contributed by atoms with Crippen molar-refractivity contribution < 1.29 is 0 Å². The van der Waals surface area contributed by atoms with Crippen molar-refractivity contribution in [2.75, 3.05) is 11.9 Å². The SMILES string of the molecule is CC1CCC(N(C)c2ccccc2[C@@H](C)N)CC1. The van der Waals surface area contributed by atoms with Gasteiger partial charge in [0, 0.05) is 24.8 Å². The summed E-state index contributed by atoms with van der Waals surface area (Å²) in [5, 5.41) is 0. The third-order valence-corrected chi connectivity index (χ3v) is 4.34. The van der Waals surface area contributed by atoms with E-state index in [2.05, 4.69) is 50.1 Å². The second-order valence-electron chi connectivity index (χ2n) is 5.87. The molecule has 1 aromatic carbocycles. The third kappa shape index (κ3) is 2.86. The number of para-hydroxylation sites is 1. The first-order chi connectivity index (χ1) is 8.59. The van der Waals surface area contributed by atoms with Crippen LogP contribution in [0.3, 0.4) is 0 Å². The minimum absolute atomic E-state index is 0.103. The van der Waals surface area contributed by atoms with Crippen molar-refractivity contribution in [3.8, 4) is 0 Å². The number of rotatable bonds is 3. The Hall–Kier alpha value is -1.02. The Labute approximate surface area is 111 Å². The fraction of sp³-hybridized carbons (Fsp3) is 0.625. The highest BCUT2D eigenvalue weighted by Gasteiger charge is 2.23. The summed E-state index contributed by atoms with van der Waals surface area (Å²) in [4.78, 5) is 2.45. The summed E-state index contributed by atoms with van der Waals surface area (Å²) >= 11 is 0. The van der Waals surface area contributed by atoms with Gasteiger partial charge in [-0.2, -0.15) is 0 Å². The van der Waals surface area contributed by atoms with Crippen molar-refractivity contribution in [1.82, 2.24) is 0 Å². The highest BCUT2D eigenvalue weighted by atomic mass is 15.1. The van der Waals surface area contributed by atoms with Crippen molar-refractivity contribution in [2.24, 2.45) is 11.7 Å². The van der Waals surface area contributed by atoms with Gasteiger partial charge in [0.05, 0.1) is 0 Å². The van der Waals surface area contributed by atoms with Gasteiger partial charge in [-0.05, 0) is 50.2 Å². The maximum atomic E-state index is 6.08. The number of nitrogens with two attached hydrogens (primary N) is 1. The average molecular weight is 246 g/mol. The second-order valence-corrected chi connectivity index (χ2v) is 5.87. The molecule has 1 atom stereocenters. The van der Waals surface area contributed by atoms with Crippen LogP contribution >= 0.6 is 0 Å². The summed E-state index contributed by atoms with van der Waals surface area (Å²) in [7, 11) is 2.22.